The number of ether oxygens (including phenoxy) is 2. The topological polar surface area (TPSA) is 93.7 Å². The van der Waals surface area contributed by atoms with E-state index in [9.17, 15) is 13.2 Å². The van der Waals surface area contributed by atoms with Gasteiger partial charge in [-0.05, 0) is 36.8 Å². The Labute approximate surface area is 159 Å². The molecule has 0 fully saturated rings. The van der Waals surface area contributed by atoms with Gasteiger partial charge < -0.3 is 14.8 Å². The van der Waals surface area contributed by atoms with Gasteiger partial charge in [0, 0.05) is 20.2 Å². The molecule has 0 spiro atoms. The zero-order chi connectivity index (χ0) is 19.7. The van der Waals surface area contributed by atoms with E-state index in [1.54, 1.807) is 0 Å². The second-order valence-corrected chi connectivity index (χ2v) is 7.68. The third-order valence-corrected chi connectivity index (χ3v) is 5.19. The molecule has 27 heavy (non-hydrogen) atoms. The molecule has 0 aromatic heterocycles. The molecular formula is C19H24N2O5S. The fourth-order valence-corrected chi connectivity index (χ4v) is 3.20. The van der Waals surface area contributed by atoms with E-state index in [0.29, 0.717) is 12.3 Å². The molecule has 0 bridgehead atoms. The minimum atomic E-state index is -3.59. The molecule has 7 nitrogen and oxygen atoms in total. The van der Waals surface area contributed by atoms with Crippen LogP contribution in [0.15, 0.2) is 53.4 Å². The van der Waals surface area contributed by atoms with E-state index in [0.717, 1.165) is 11.1 Å². The number of rotatable bonds is 10. The lowest BCUT2D eigenvalue weighted by Gasteiger charge is -2.09. The van der Waals surface area contributed by atoms with Gasteiger partial charge in [0.05, 0.1) is 11.5 Å². The summed E-state index contributed by atoms with van der Waals surface area (Å²) in [6.45, 7) is 2.76. The van der Waals surface area contributed by atoms with E-state index in [1.165, 1.54) is 31.4 Å². The fourth-order valence-electron chi connectivity index (χ4n) is 2.18. The van der Waals surface area contributed by atoms with Crippen molar-refractivity contribution in [3.8, 4) is 5.75 Å². The van der Waals surface area contributed by atoms with Crippen molar-refractivity contribution in [1.82, 2.24) is 10.0 Å². The summed E-state index contributed by atoms with van der Waals surface area (Å²) in [6, 6.07) is 13.8. The number of carbonyl (C=O) groups is 1. The molecule has 0 radical (unpaired) electrons. The molecule has 0 saturated heterocycles. The molecule has 146 valence electrons. The molecule has 1 amide bonds. The summed E-state index contributed by atoms with van der Waals surface area (Å²) < 4.78 is 36.7. The van der Waals surface area contributed by atoms with Crippen LogP contribution in [0, 0.1) is 6.92 Å². The fraction of sp³-hybridized carbons (Fsp3) is 0.316. The first-order valence-electron chi connectivity index (χ1n) is 8.44. The minimum absolute atomic E-state index is 0.120. The van der Waals surface area contributed by atoms with Crippen LogP contribution in [-0.4, -0.2) is 41.2 Å². The number of aryl methyl sites for hydroxylation is 1. The molecule has 0 aliphatic rings. The van der Waals surface area contributed by atoms with Crippen molar-refractivity contribution >= 4 is 15.9 Å². The molecule has 0 heterocycles. The van der Waals surface area contributed by atoms with Crippen LogP contribution in [0.3, 0.4) is 0 Å². The summed E-state index contributed by atoms with van der Waals surface area (Å²) in [7, 11) is -2.09. The minimum Gasteiger partial charge on any atom is -0.484 e. The molecular weight excluding hydrogens is 368 g/mol. The van der Waals surface area contributed by atoms with Crippen LogP contribution < -0.4 is 14.8 Å². The zero-order valence-electron chi connectivity index (χ0n) is 15.4. The van der Waals surface area contributed by atoms with E-state index in [1.807, 2.05) is 31.2 Å². The maximum absolute atomic E-state index is 12.1. The number of carbonyl (C=O) groups excluding carboxylic acids is 1. The second-order valence-electron chi connectivity index (χ2n) is 5.91. The van der Waals surface area contributed by atoms with Gasteiger partial charge in [-0.25, -0.2) is 13.1 Å². The van der Waals surface area contributed by atoms with Crippen molar-refractivity contribution in [1.29, 1.82) is 0 Å². The third kappa shape index (κ3) is 7.01. The summed E-state index contributed by atoms with van der Waals surface area (Å²) in [6.07, 6.45) is 0. The Kier molecular flexibility index (Phi) is 7.78. The lowest BCUT2D eigenvalue weighted by Crippen LogP contribution is -2.28. The highest BCUT2D eigenvalue weighted by Gasteiger charge is 2.13. The average Bonchev–Trinajstić information content (AvgIpc) is 2.66. The molecule has 0 saturated carbocycles. The Morgan fingerprint density at radius 3 is 2.33 bits per heavy atom. The number of methoxy groups -OCH3 is 1. The second kappa shape index (κ2) is 10.1. The molecule has 2 aromatic rings. The van der Waals surface area contributed by atoms with Crippen molar-refractivity contribution in [2.45, 2.75) is 18.4 Å². The molecule has 2 aromatic carbocycles. The first-order chi connectivity index (χ1) is 12.9. The Morgan fingerprint density at radius 1 is 1.04 bits per heavy atom. The highest BCUT2D eigenvalue weighted by molar-refractivity contribution is 7.89. The van der Waals surface area contributed by atoms with Crippen LogP contribution in [-0.2, 0) is 26.1 Å². The maximum atomic E-state index is 12.1. The molecule has 0 atom stereocenters. The Morgan fingerprint density at radius 2 is 1.70 bits per heavy atom. The number of amides is 1. The van der Waals surface area contributed by atoms with Gasteiger partial charge in [0.15, 0.2) is 6.61 Å². The van der Waals surface area contributed by atoms with Crippen LogP contribution >= 0.6 is 0 Å². The Balaban J connectivity index is 1.80. The zero-order valence-corrected chi connectivity index (χ0v) is 16.2. The van der Waals surface area contributed by atoms with Crippen LogP contribution in [0.25, 0.3) is 0 Å². The first kappa shape index (κ1) is 20.9. The first-order valence-corrected chi connectivity index (χ1v) is 9.93. The van der Waals surface area contributed by atoms with Crippen molar-refractivity contribution in [2.24, 2.45) is 0 Å². The van der Waals surface area contributed by atoms with E-state index < -0.39 is 10.0 Å². The molecule has 2 N–H and O–H groups in total. The maximum Gasteiger partial charge on any atom is 0.258 e. The number of benzene rings is 2. The standard InChI is InChI=1S/C19H24N2O5S/c1-15-3-5-16(6-4-15)13-20-19(22)14-26-17-7-9-18(10-8-17)27(23,24)21-11-12-25-2/h3-10,21H,11-14H2,1-2H3,(H,20,22). The number of nitrogens with one attached hydrogen (secondary N) is 2. The van der Waals surface area contributed by atoms with E-state index in [2.05, 4.69) is 10.0 Å². The van der Waals surface area contributed by atoms with Gasteiger partial charge in [0.1, 0.15) is 5.75 Å². The van der Waals surface area contributed by atoms with Gasteiger partial charge in [-0.15, -0.1) is 0 Å². The smallest absolute Gasteiger partial charge is 0.258 e. The number of sulfonamides is 1. The quantitative estimate of drug-likeness (QED) is 0.599. The van der Waals surface area contributed by atoms with Gasteiger partial charge in [-0.3, -0.25) is 4.79 Å². The van der Waals surface area contributed by atoms with Crippen LogP contribution in [0.2, 0.25) is 0 Å². The van der Waals surface area contributed by atoms with Crippen LogP contribution in [0.1, 0.15) is 11.1 Å². The molecule has 0 unspecified atom stereocenters. The van der Waals surface area contributed by atoms with Gasteiger partial charge in [0.2, 0.25) is 10.0 Å². The molecule has 2 rings (SSSR count). The highest BCUT2D eigenvalue weighted by Crippen LogP contribution is 2.15. The average molecular weight is 392 g/mol. The molecule has 8 heteroatoms. The van der Waals surface area contributed by atoms with Gasteiger partial charge in [0.25, 0.3) is 5.91 Å². The third-order valence-electron chi connectivity index (χ3n) is 3.71. The monoisotopic (exact) mass is 392 g/mol. The summed E-state index contributed by atoms with van der Waals surface area (Å²) in [5.74, 6) is 0.157. The van der Waals surface area contributed by atoms with E-state index in [-0.39, 0.29) is 30.6 Å². The lowest BCUT2D eigenvalue weighted by atomic mass is 10.1. The van der Waals surface area contributed by atoms with E-state index in [4.69, 9.17) is 9.47 Å². The van der Waals surface area contributed by atoms with Crippen molar-refractivity contribution in [3.05, 3.63) is 59.7 Å². The van der Waals surface area contributed by atoms with Gasteiger partial charge in [-0.2, -0.15) is 0 Å². The SMILES string of the molecule is COCCNS(=O)(=O)c1ccc(OCC(=O)NCc2ccc(C)cc2)cc1. The van der Waals surface area contributed by atoms with Crippen molar-refractivity contribution < 1.29 is 22.7 Å². The van der Waals surface area contributed by atoms with Crippen LogP contribution in [0.5, 0.6) is 5.75 Å². The predicted octanol–water partition coefficient (Wildman–Crippen LogP) is 1.61. The summed E-state index contributed by atoms with van der Waals surface area (Å²) in [5, 5.41) is 2.77. The summed E-state index contributed by atoms with van der Waals surface area (Å²) >= 11 is 0. The Bertz CT molecular complexity index is 833. The van der Waals surface area contributed by atoms with Gasteiger partial charge in [-0.1, -0.05) is 29.8 Å². The Hall–Kier alpha value is -2.42. The normalized spacial score (nSPS) is 11.2. The van der Waals surface area contributed by atoms with Crippen LogP contribution in [0.4, 0.5) is 0 Å². The lowest BCUT2D eigenvalue weighted by molar-refractivity contribution is -0.123. The van der Waals surface area contributed by atoms with Crippen molar-refractivity contribution in [3.63, 3.8) is 0 Å². The summed E-state index contributed by atoms with van der Waals surface area (Å²) in [5.41, 5.74) is 2.16. The number of hydrogen-bond acceptors (Lipinski definition) is 5. The number of hydrogen-bond donors (Lipinski definition) is 2. The largest absolute Gasteiger partial charge is 0.484 e. The molecule has 0 aliphatic carbocycles. The highest BCUT2D eigenvalue weighted by atomic mass is 32.2. The molecule has 0 aliphatic heterocycles. The van der Waals surface area contributed by atoms with E-state index >= 15 is 0 Å². The summed E-state index contributed by atoms with van der Waals surface area (Å²) in [4.78, 5) is 12.0. The van der Waals surface area contributed by atoms with Crippen molar-refractivity contribution in [2.75, 3.05) is 26.9 Å². The predicted molar refractivity (Wildman–Crippen MR) is 102 cm³/mol. The van der Waals surface area contributed by atoms with Gasteiger partial charge >= 0.3 is 0 Å².